The molecule has 0 radical (unpaired) electrons. The van der Waals surface area contributed by atoms with Crippen molar-refractivity contribution in [2.45, 2.75) is 25.4 Å². The minimum Gasteiger partial charge on any atom is -0.356 e. The van der Waals surface area contributed by atoms with Gasteiger partial charge in [0.05, 0.1) is 5.01 Å². The predicted molar refractivity (Wildman–Crippen MR) is 125 cm³/mol. The lowest BCUT2D eigenvalue weighted by Gasteiger charge is -2.11. The number of nitrogens with one attached hydrogen (secondary N) is 3. The summed E-state index contributed by atoms with van der Waals surface area (Å²) in [6, 6.07) is 6.85. The van der Waals surface area contributed by atoms with Crippen molar-refractivity contribution in [2.24, 2.45) is 4.99 Å². The van der Waals surface area contributed by atoms with Crippen LogP contribution in [0.2, 0.25) is 5.02 Å². The molecule has 2 aromatic rings. The van der Waals surface area contributed by atoms with E-state index >= 15 is 0 Å². The van der Waals surface area contributed by atoms with Gasteiger partial charge >= 0.3 is 6.18 Å². The molecule has 0 aliphatic carbocycles. The molecule has 0 unspecified atom stereocenters. The lowest BCUT2D eigenvalue weighted by molar-refractivity contribution is -0.140. The fourth-order valence-corrected chi connectivity index (χ4v) is 3.21. The zero-order valence-corrected chi connectivity index (χ0v) is 20.0. The molecule has 0 spiro atoms. The van der Waals surface area contributed by atoms with Gasteiger partial charge in [-0.2, -0.15) is 13.2 Å². The zero-order chi connectivity index (χ0) is 21.3. The number of rotatable bonds is 8. The first-order valence-corrected chi connectivity index (χ1v) is 10.0. The summed E-state index contributed by atoms with van der Waals surface area (Å²) in [6.45, 7) is 0.907. The molecule has 30 heavy (non-hydrogen) atoms. The number of benzene rings is 1. The Morgan fingerprint density at radius 3 is 2.47 bits per heavy atom. The highest BCUT2D eigenvalue weighted by Gasteiger charge is 2.33. The number of hydrogen-bond acceptors (Lipinski definition) is 4. The van der Waals surface area contributed by atoms with E-state index in [2.05, 4.69) is 25.9 Å². The molecule has 0 saturated carbocycles. The average Bonchev–Trinajstić information content (AvgIpc) is 3.15. The summed E-state index contributed by atoms with van der Waals surface area (Å²) in [4.78, 5) is 19.5. The van der Waals surface area contributed by atoms with Crippen molar-refractivity contribution in [3.8, 4) is 0 Å². The minimum absolute atomic E-state index is 0. The standard InChI is InChI=1S/C18H21ClF3N5OS.HI/c1-23-17(25-10-8-16-27-14(11-29-16)18(20,21)22)24-9-2-3-15(28)26-13-6-4-12(19)5-7-13;/h4-7,11H,2-3,8-10H2,1H3,(H,26,28)(H2,23,24,25);1H. The maximum Gasteiger partial charge on any atom is 0.434 e. The Bertz CT molecular complexity index is 830. The van der Waals surface area contributed by atoms with Crippen LogP contribution in [-0.2, 0) is 17.4 Å². The summed E-state index contributed by atoms with van der Waals surface area (Å²) in [5.74, 6) is 0.400. The van der Waals surface area contributed by atoms with Gasteiger partial charge in [0.25, 0.3) is 0 Å². The summed E-state index contributed by atoms with van der Waals surface area (Å²) in [5.41, 5.74) is -0.183. The van der Waals surface area contributed by atoms with E-state index in [-0.39, 0.29) is 29.9 Å². The number of halogens is 5. The monoisotopic (exact) mass is 575 g/mol. The Morgan fingerprint density at radius 2 is 1.87 bits per heavy atom. The maximum atomic E-state index is 12.5. The smallest absolute Gasteiger partial charge is 0.356 e. The van der Waals surface area contributed by atoms with Crippen molar-refractivity contribution in [3.05, 3.63) is 45.4 Å². The van der Waals surface area contributed by atoms with Crippen LogP contribution in [0.1, 0.15) is 23.5 Å². The van der Waals surface area contributed by atoms with E-state index in [9.17, 15) is 18.0 Å². The second-order valence-corrected chi connectivity index (χ2v) is 7.34. The van der Waals surface area contributed by atoms with E-state index < -0.39 is 11.9 Å². The lowest BCUT2D eigenvalue weighted by Crippen LogP contribution is -2.38. The van der Waals surface area contributed by atoms with Crippen molar-refractivity contribution < 1.29 is 18.0 Å². The third-order valence-corrected chi connectivity index (χ3v) is 4.86. The third-order valence-electron chi connectivity index (χ3n) is 3.70. The molecule has 6 nitrogen and oxygen atoms in total. The molecule has 1 aromatic carbocycles. The summed E-state index contributed by atoms with van der Waals surface area (Å²) in [5, 5.41) is 10.9. The van der Waals surface area contributed by atoms with Crippen LogP contribution >= 0.6 is 46.9 Å². The van der Waals surface area contributed by atoms with Crippen LogP contribution in [0.25, 0.3) is 0 Å². The molecule has 1 aromatic heterocycles. The van der Waals surface area contributed by atoms with E-state index in [1.807, 2.05) is 0 Å². The van der Waals surface area contributed by atoms with Crippen LogP contribution in [0, 0.1) is 0 Å². The average molecular weight is 576 g/mol. The molecule has 0 fully saturated rings. The van der Waals surface area contributed by atoms with Gasteiger partial charge in [0.15, 0.2) is 11.7 Å². The number of carbonyl (C=O) groups is 1. The highest BCUT2D eigenvalue weighted by Crippen LogP contribution is 2.29. The zero-order valence-electron chi connectivity index (χ0n) is 16.1. The second kappa shape index (κ2) is 13.0. The highest BCUT2D eigenvalue weighted by atomic mass is 127. The predicted octanol–water partition coefficient (Wildman–Crippen LogP) is 4.56. The number of alkyl halides is 3. The van der Waals surface area contributed by atoms with Crippen LogP contribution < -0.4 is 16.0 Å². The largest absolute Gasteiger partial charge is 0.434 e. The Hall–Kier alpha value is -1.60. The molecule has 0 aliphatic heterocycles. The molecule has 12 heteroatoms. The van der Waals surface area contributed by atoms with Crippen molar-refractivity contribution in [1.82, 2.24) is 15.6 Å². The van der Waals surface area contributed by atoms with Crippen LogP contribution in [0.4, 0.5) is 18.9 Å². The number of anilines is 1. The SMILES string of the molecule is CN=C(NCCCC(=O)Nc1ccc(Cl)cc1)NCCc1nc(C(F)(F)F)cs1.I. The molecular weight excluding hydrogens is 554 g/mol. The molecule has 166 valence electrons. The normalized spacial score (nSPS) is 11.6. The minimum atomic E-state index is -4.42. The van der Waals surface area contributed by atoms with Gasteiger partial charge in [-0.3, -0.25) is 9.79 Å². The first kappa shape index (κ1) is 26.4. The van der Waals surface area contributed by atoms with Gasteiger partial charge in [-0.05, 0) is 30.7 Å². The van der Waals surface area contributed by atoms with Gasteiger partial charge in [-0.25, -0.2) is 4.98 Å². The second-order valence-electron chi connectivity index (χ2n) is 5.96. The number of amides is 1. The van der Waals surface area contributed by atoms with Crippen molar-refractivity contribution in [2.75, 3.05) is 25.5 Å². The number of aromatic nitrogens is 1. The number of hydrogen-bond donors (Lipinski definition) is 3. The van der Waals surface area contributed by atoms with E-state index in [4.69, 9.17) is 11.6 Å². The number of guanidine groups is 1. The number of carbonyl (C=O) groups excluding carboxylic acids is 1. The summed E-state index contributed by atoms with van der Waals surface area (Å²) in [7, 11) is 1.59. The van der Waals surface area contributed by atoms with Crippen LogP contribution in [0.15, 0.2) is 34.6 Å². The first-order valence-electron chi connectivity index (χ1n) is 8.79. The van der Waals surface area contributed by atoms with Gasteiger partial charge in [-0.15, -0.1) is 35.3 Å². The van der Waals surface area contributed by atoms with Crippen molar-refractivity contribution in [3.63, 3.8) is 0 Å². The van der Waals surface area contributed by atoms with Gasteiger partial charge < -0.3 is 16.0 Å². The Balaban J connectivity index is 0.00000450. The molecule has 0 atom stereocenters. The highest BCUT2D eigenvalue weighted by molar-refractivity contribution is 14.0. The van der Waals surface area contributed by atoms with Crippen molar-refractivity contribution >= 4 is 64.5 Å². The van der Waals surface area contributed by atoms with Crippen molar-refractivity contribution in [1.29, 1.82) is 0 Å². The third kappa shape index (κ3) is 9.47. The summed E-state index contributed by atoms with van der Waals surface area (Å²) >= 11 is 6.78. The van der Waals surface area contributed by atoms with Gasteiger partial charge in [0.1, 0.15) is 0 Å². The summed E-state index contributed by atoms with van der Waals surface area (Å²) < 4.78 is 37.6. The topological polar surface area (TPSA) is 78.4 Å². The Kier molecular flexibility index (Phi) is 11.4. The molecule has 0 aliphatic rings. The Labute approximate surface area is 198 Å². The lowest BCUT2D eigenvalue weighted by atomic mass is 10.2. The number of aliphatic imine (C=N–C) groups is 1. The number of thiazole rings is 1. The number of nitrogens with zero attached hydrogens (tertiary/aromatic N) is 2. The quantitative estimate of drug-likeness (QED) is 0.187. The first-order chi connectivity index (χ1) is 13.8. The Morgan fingerprint density at radius 1 is 1.20 bits per heavy atom. The van der Waals surface area contributed by atoms with E-state index in [1.54, 1.807) is 31.3 Å². The van der Waals surface area contributed by atoms with Crippen LogP contribution in [0.3, 0.4) is 0 Å². The molecule has 1 heterocycles. The molecule has 1 amide bonds. The van der Waals surface area contributed by atoms with E-state index in [1.165, 1.54) is 0 Å². The maximum absolute atomic E-state index is 12.5. The fraction of sp³-hybridized carbons (Fsp3) is 0.389. The molecular formula is C18H22ClF3IN5OS. The fourth-order valence-electron chi connectivity index (χ4n) is 2.28. The van der Waals surface area contributed by atoms with Gasteiger partial charge in [0.2, 0.25) is 5.91 Å². The van der Waals surface area contributed by atoms with Crippen LogP contribution in [0.5, 0.6) is 0 Å². The summed E-state index contributed by atoms with van der Waals surface area (Å²) in [6.07, 6.45) is -3.15. The van der Waals surface area contributed by atoms with E-state index in [0.29, 0.717) is 54.0 Å². The van der Waals surface area contributed by atoms with Crippen LogP contribution in [-0.4, -0.2) is 37.0 Å². The molecule has 2 rings (SSSR count). The van der Waals surface area contributed by atoms with Gasteiger partial charge in [-0.1, -0.05) is 11.6 Å². The van der Waals surface area contributed by atoms with E-state index in [0.717, 1.165) is 16.7 Å². The van der Waals surface area contributed by atoms with Gasteiger partial charge in [0, 0.05) is 49.1 Å². The molecule has 0 saturated heterocycles. The molecule has 0 bridgehead atoms. The molecule has 3 N–H and O–H groups in total.